The van der Waals surface area contributed by atoms with Gasteiger partial charge in [-0.25, -0.2) is 4.39 Å². The lowest BCUT2D eigenvalue weighted by Gasteiger charge is -2.13. The molecule has 0 radical (unpaired) electrons. The SMILES string of the molecule is CC(CNc1ccc(C#N)c(Br)c1F)C1CC1. The van der Waals surface area contributed by atoms with E-state index < -0.39 is 0 Å². The molecule has 0 spiro atoms. The number of halogens is 2. The Hall–Kier alpha value is -1.08. The van der Waals surface area contributed by atoms with Gasteiger partial charge in [0.1, 0.15) is 6.07 Å². The minimum absolute atomic E-state index is 0.240. The van der Waals surface area contributed by atoms with Crippen LogP contribution in [0.25, 0.3) is 0 Å². The van der Waals surface area contributed by atoms with E-state index in [4.69, 9.17) is 5.26 Å². The Kier molecular flexibility index (Phi) is 3.68. The Labute approximate surface area is 109 Å². The van der Waals surface area contributed by atoms with Gasteiger partial charge in [-0.15, -0.1) is 0 Å². The summed E-state index contributed by atoms with van der Waals surface area (Å²) in [6, 6.07) is 5.19. The Morgan fingerprint density at radius 3 is 2.88 bits per heavy atom. The fourth-order valence-corrected chi connectivity index (χ4v) is 2.31. The van der Waals surface area contributed by atoms with Crippen molar-refractivity contribution in [3.05, 3.63) is 28.0 Å². The summed E-state index contributed by atoms with van der Waals surface area (Å²) in [5.74, 6) is 0.989. The molecule has 4 heteroatoms. The minimum Gasteiger partial charge on any atom is -0.382 e. The normalized spacial score (nSPS) is 16.4. The molecule has 0 bridgehead atoms. The van der Waals surface area contributed by atoms with E-state index in [1.54, 1.807) is 12.1 Å². The molecule has 1 atom stereocenters. The summed E-state index contributed by atoms with van der Waals surface area (Å²) in [5.41, 5.74) is 0.784. The first-order chi connectivity index (χ1) is 8.13. The van der Waals surface area contributed by atoms with Crippen LogP contribution < -0.4 is 5.32 Å². The molecule has 0 heterocycles. The molecule has 1 unspecified atom stereocenters. The molecule has 0 amide bonds. The van der Waals surface area contributed by atoms with Crippen LogP contribution in [0.1, 0.15) is 25.3 Å². The monoisotopic (exact) mass is 296 g/mol. The minimum atomic E-state index is -0.382. The molecule has 1 aliphatic rings. The van der Waals surface area contributed by atoms with Gasteiger partial charge in [-0.05, 0) is 52.7 Å². The first-order valence-corrected chi connectivity index (χ1v) is 6.54. The van der Waals surface area contributed by atoms with Crippen molar-refractivity contribution in [2.75, 3.05) is 11.9 Å². The van der Waals surface area contributed by atoms with Crippen LogP contribution in [0.2, 0.25) is 0 Å². The van der Waals surface area contributed by atoms with E-state index in [-0.39, 0.29) is 10.3 Å². The molecular formula is C13H14BrFN2. The molecule has 1 saturated carbocycles. The van der Waals surface area contributed by atoms with E-state index in [0.717, 1.165) is 12.5 Å². The molecule has 1 aliphatic carbocycles. The molecule has 0 aliphatic heterocycles. The lowest BCUT2D eigenvalue weighted by atomic mass is 10.1. The number of hydrogen-bond donors (Lipinski definition) is 1. The van der Waals surface area contributed by atoms with Gasteiger partial charge in [0.2, 0.25) is 0 Å². The van der Waals surface area contributed by atoms with Crippen LogP contribution in [-0.2, 0) is 0 Å². The maximum atomic E-state index is 13.9. The fourth-order valence-electron chi connectivity index (χ4n) is 1.88. The standard InChI is InChI=1S/C13H14BrFN2/c1-8(9-2-3-9)7-17-11-5-4-10(6-16)12(14)13(11)15/h4-5,8-9,17H,2-3,7H2,1H3. The maximum Gasteiger partial charge on any atom is 0.161 e. The third kappa shape index (κ3) is 2.78. The smallest absolute Gasteiger partial charge is 0.161 e. The maximum absolute atomic E-state index is 13.9. The van der Waals surface area contributed by atoms with Crippen molar-refractivity contribution >= 4 is 21.6 Å². The van der Waals surface area contributed by atoms with Crippen molar-refractivity contribution in [2.24, 2.45) is 11.8 Å². The molecule has 2 nitrogen and oxygen atoms in total. The average Bonchev–Trinajstić information content (AvgIpc) is 3.15. The lowest BCUT2D eigenvalue weighted by Crippen LogP contribution is -2.13. The largest absolute Gasteiger partial charge is 0.382 e. The Morgan fingerprint density at radius 2 is 2.29 bits per heavy atom. The molecule has 1 aromatic rings. The zero-order valence-corrected chi connectivity index (χ0v) is 11.2. The van der Waals surface area contributed by atoms with Crippen LogP contribution in [0.15, 0.2) is 16.6 Å². The number of nitrogens with one attached hydrogen (secondary N) is 1. The molecular weight excluding hydrogens is 283 g/mol. The van der Waals surface area contributed by atoms with Crippen molar-refractivity contribution < 1.29 is 4.39 Å². The number of rotatable bonds is 4. The summed E-state index contributed by atoms with van der Waals surface area (Å²) in [4.78, 5) is 0. The molecule has 1 N–H and O–H groups in total. The van der Waals surface area contributed by atoms with Gasteiger partial charge >= 0.3 is 0 Å². The molecule has 0 aromatic heterocycles. The summed E-state index contributed by atoms with van der Waals surface area (Å²) in [6.45, 7) is 2.96. The molecule has 1 fully saturated rings. The summed E-state index contributed by atoms with van der Waals surface area (Å²) in [7, 11) is 0. The van der Waals surface area contributed by atoms with Crippen LogP contribution in [0.3, 0.4) is 0 Å². The highest BCUT2D eigenvalue weighted by Gasteiger charge is 2.27. The van der Waals surface area contributed by atoms with Crippen molar-refractivity contribution in [1.29, 1.82) is 5.26 Å². The van der Waals surface area contributed by atoms with Gasteiger partial charge in [0, 0.05) is 6.54 Å². The van der Waals surface area contributed by atoms with Crippen molar-refractivity contribution in [2.45, 2.75) is 19.8 Å². The second-order valence-electron chi connectivity index (χ2n) is 4.60. The quantitative estimate of drug-likeness (QED) is 0.914. The van der Waals surface area contributed by atoms with E-state index in [2.05, 4.69) is 28.2 Å². The van der Waals surface area contributed by atoms with E-state index >= 15 is 0 Å². The second kappa shape index (κ2) is 5.05. The predicted octanol–water partition coefficient (Wildman–Crippen LogP) is 3.92. The van der Waals surface area contributed by atoms with Crippen LogP contribution in [0.5, 0.6) is 0 Å². The highest BCUT2D eigenvalue weighted by Crippen LogP contribution is 2.36. The van der Waals surface area contributed by atoms with Gasteiger partial charge in [0.15, 0.2) is 5.82 Å². The first-order valence-electron chi connectivity index (χ1n) is 5.75. The Bertz CT molecular complexity index is 463. The van der Waals surface area contributed by atoms with Crippen molar-refractivity contribution in [1.82, 2.24) is 0 Å². The number of anilines is 1. The zero-order valence-electron chi connectivity index (χ0n) is 9.63. The van der Waals surface area contributed by atoms with Crippen molar-refractivity contribution in [3.63, 3.8) is 0 Å². The van der Waals surface area contributed by atoms with Gasteiger partial charge in [0.25, 0.3) is 0 Å². The van der Waals surface area contributed by atoms with E-state index in [1.165, 1.54) is 12.8 Å². The lowest BCUT2D eigenvalue weighted by molar-refractivity contribution is 0.533. The molecule has 0 saturated heterocycles. The van der Waals surface area contributed by atoms with Crippen LogP contribution in [0.4, 0.5) is 10.1 Å². The highest BCUT2D eigenvalue weighted by molar-refractivity contribution is 9.10. The molecule has 2 rings (SSSR count). The van der Waals surface area contributed by atoms with Crippen LogP contribution in [-0.4, -0.2) is 6.54 Å². The number of hydrogen-bond acceptors (Lipinski definition) is 2. The fraction of sp³-hybridized carbons (Fsp3) is 0.462. The van der Waals surface area contributed by atoms with Gasteiger partial charge in [-0.1, -0.05) is 6.92 Å². The number of benzene rings is 1. The zero-order chi connectivity index (χ0) is 12.4. The Morgan fingerprint density at radius 1 is 1.59 bits per heavy atom. The molecule has 17 heavy (non-hydrogen) atoms. The summed E-state index contributed by atoms with van der Waals surface area (Å²) >= 11 is 3.10. The summed E-state index contributed by atoms with van der Waals surface area (Å²) in [5, 5.41) is 11.9. The molecule has 90 valence electrons. The van der Waals surface area contributed by atoms with Gasteiger partial charge in [-0.2, -0.15) is 5.26 Å². The third-order valence-electron chi connectivity index (χ3n) is 3.24. The second-order valence-corrected chi connectivity index (χ2v) is 5.39. The van der Waals surface area contributed by atoms with E-state index in [9.17, 15) is 4.39 Å². The third-order valence-corrected chi connectivity index (χ3v) is 4.02. The highest BCUT2D eigenvalue weighted by atomic mass is 79.9. The average molecular weight is 297 g/mol. The van der Waals surface area contributed by atoms with Gasteiger partial charge < -0.3 is 5.32 Å². The number of nitrogens with zero attached hydrogens (tertiary/aromatic N) is 1. The van der Waals surface area contributed by atoms with E-state index in [0.29, 0.717) is 17.2 Å². The topological polar surface area (TPSA) is 35.8 Å². The van der Waals surface area contributed by atoms with Crippen LogP contribution >= 0.6 is 15.9 Å². The Balaban J connectivity index is 2.06. The van der Waals surface area contributed by atoms with Gasteiger partial charge in [-0.3, -0.25) is 0 Å². The van der Waals surface area contributed by atoms with Crippen molar-refractivity contribution in [3.8, 4) is 6.07 Å². The molecule has 1 aromatic carbocycles. The van der Waals surface area contributed by atoms with E-state index in [1.807, 2.05) is 6.07 Å². The number of nitriles is 1. The summed E-state index contributed by atoms with van der Waals surface area (Å²) < 4.78 is 14.1. The van der Waals surface area contributed by atoms with Gasteiger partial charge in [0.05, 0.1) is 15.7 Å². The first kappa shape index (κ1) is 12.4. The summed E-state index contributed by atoms with van der Waals surface area (Å²) in [6.07, 6.45) is 2.59. The van der Waals surface area contributed by atoms with Crippen LogP contribution in [0, 0.1) is 29.0 Å². The predicted molar refractivity (Wildman–Crippen MR) is 69.2 cm³/mol.